The lowest BCUT2D eigenvalue weighted by Crippen LogP contribution is -2.17. The fourth-order valence-corrected chi connectivity index (χ4v) is 2.06. The SMILES string of the molecule is COc1cc(C#Cc2[nH]nc(NC(C)C)c2C(N)=O)cc(OC)c1. The quantitative estimate of drug-likeness (QED) is 0.726. The lowest BCUT2D eigenvalue weighted by Gasteiger charge is -2.07. The van der Waals surface area contributed by atoms with Gasteiger partial charge in [-0.15, -0.1) is 0 Å². The third-order valence-corrected chi connectivity index (χ3v) is 3.12. The molecule has 0 spiro atoms. The van der Waals surface area contributed by atoms with Gasteiger partial charge in [0.2, 0.25) is 0 Å². The van der Waals surface area contributed by atoms with Crippen LogP contribution in [0.25, 0.3) is 0 Å². The second-order valence-corrected chi connectivity index (χ2v) is 5.34. The molecule has 0 fully saturated rings. The van der Waals surface area contributed by atoms with Gasteiger partial charge in [0.25, 0.3) is 5.91 Å². The number of rotatable bonds is 5. The van der Waals surface area contributed by atoms with Gasteiger partial charge in [-0.3, -0.25) is 9.89 Å². The average Bonchev–Trinajstić information content (AvgIpc) is 2.94. The molecule has 1 aromatic carbocycles. The van der Waals surface area contributed by atoms with E-state index >= 15 is 0 Å². The second-order valence-electron chi connectivity index (χ2n) is 5.34. The van der Waals surface area contributed by atoms with E-state index in [1.165, 1.54) is 0 Å². The minimum absolute atomic E-state index is 0.106. The molecule has 1 aromatic heterocycles. The first kappa shape index (κ1) is 17.2. The smallest absolute Gasteiger partial charge is 0.255 e. The van der Waals surface area contributed by atoms with Crippen LogP contribution in [0.1, 0.15) is 35.5 Å². The number of aromatic nitrogens is 2. The maximum Gasteiger partial charge on any atom is 0.255 e. The molecule has 0 aliphatic heterocycles. The number of H-pyrrole nitrogens is 1. The summed E-state index contributed by atoms with van der Waals surface area (Å²) in [6.07, 6.45) is 0. The molecular weight excluding hydrogens is 308 g/mol. The van der Waals surface area contributed by atoms with Crippen LogP contribution in [0.5, 0.6) is 11.5 Å². The molecule has 2 aromatic rings. The molecule has 1 heterocycles. The third-order valence-electron chi connectivity index (χ3n) is 3.12. The van der Waals surface area contributed by atoms with Crippen molar-refractivity contribution in [3.8, 4) is 23.3 Å². The Morgan fingerprint density at radius 1 is 1.21 bits per heavy atom. The van der Waals surface area contributed by atoms with Crippen LogP contribution >= 0.6 is 0 Å². The van der Waals surface area contributed by atoms with E-state index in [1.807, 2.05) is 13.8 Å². The summed E-state index contributed by atoms with van der Waals surface area (Å²) < 4.78 is 10.4. The number of carbonyl (C=O) groups is 1. The minimum atomic E-state index is -0.598. The number of aromatic amines is 1. The lowest BCUT2D eigenvalue weighted by atomic mass is 10.1. The third kappa shape index (κ3) is 3.98. The second kappa shape index (κ2) is 7.42. The Bertz CT molecular complexity index is 778. The van der Waals surface area contributed by atoms with E-state index in [0.29, 0.717) is 28.6 Å². The predicted octanol–water partition coefficient (Wildman–Crippen LogP) is 1.75. The summed E-state index contributed by atoms with van der Waals surface area (Å²) >= 11 is 0. The van der Waals surface area contributed by atoms with Gasteiger partial charge >= 0.3 is 0 Å². The predicted molar refractivity (Wildman–Crippen MR) is 91.4 cm³/mol. The number of methoxy groups -OCH3 is 2. The normalized spacial score (nSPS) is 10.0. The number of carbonyl (C=O) groups excluding carboxylic acids is 1. The molecule has 2 rings (SSSR count). The van der Waals surface area contributed by atoms with E-state index in [9.17, 15) is 4.79 Å². The van der Waals surface area contributed by atoms with Crippen LogP contribution in [-0.4, -0.2) is 36.4 Å². The topological polar surface area (TPSA) is 102 Å². The molecule has 4 N–H and O–H groups in total. The average molecular weight is 328 g/mol. The molecule has 0 saturated heterocycles. The summed E-state index contributed by atoms with van der Waals surface area (Å²) in [6, 6.07) is 5.39. The number of nitrogens with one attached hydrogen (secondary N) is 2. The Morgan fingerprint density at radius 3 is 2.33 bits per heavy atom. The van der Waals surface area contributed by atoms with Gasteiger partial charge in [-0.1, -0.05) is 5.92 Å². The van der Waals surface area contributed by atoms with Crippen LogP contribution in [0.15, 0.2) is 18.2 Å². The number of ether oxygens (including phenoxy) is 2. The molecule has 7 heteroatoms. The van der Waals surface area contributed by atoms with E-state index < -0.39 is 5.91 Å². The first-order chi connectivity index (χ1) is 11.4. The largest absolute Gasteiger partial charge is 0.497 e. The molecule has 24 heavy (non-hydrogen) atoms. The monoisotopic (exact) mass is 328 g/mol. The van der Waals surface area contributed by atoms with E-state index in [1.54, 1.807) is 32.4 Å². The van der Waals surface area contributed by atoms with Crippen molar-refractivity contribution in [2.75, 3.05) is 19.5 Å². The molecule has 0 unspecified atom stereocenters. The Balaban J connectivity index is 2.41. The zero-order valence-corrected chi connectivity index (χ0v) is 14.1. The Hall–Kier alpha value is -3.14. The fraction of sp³-hybridized carbons (Fsp3) is 0.294. The first-order valence-corrected chi connectivity index (χ1v) is 7.34. The van der Waals surface area contributed by atoms with Gasteiger partial charge in [-0.05, 0) is 31.9 Å². The van der Waals surface area contributed by atoms with E-state index in [4.69, 9.17) is 15.2 Å². The number of anilines is 1. The zero-order valence-electron chi connectivity index (χ0n) is 14.1. The van der Waals surface area contributed by atoms with E-state index in [2.05, 4.69) is 27.4 Å². The molecule has 0 aliphatic carbocycles. The molecule has 1 amide bonds. The summed E-state index contributed by atoms with van der Waals surface area (Å²) in [6.45, 7) is 3.88. The number of nitrogens with two attached hydrogens (primary N) is 1. The van der Waals surface area contributed by atoms with E-state index in [-0.39, 0.29) is 11.6 Å². The number of hydrogen-bond donors (Lipinski definition) is 3. The lowest BCUT2D eigenvalue weighted by molar-refractivity contribution is 0.100. The van der Waals surface area contributed by atoms with Crippen LogP contribution < -0.4 is 20.5 Å². The number of primary amides is 1. The fourth-order valence-electron chi connectivity index (χ4n) is 2.06. The highest BCUT2D eigenvalue weighted by atomic mass is 16.5. The van der Waals surface area contributed by atoms with Crippen molar-refractivity contribution in [2.24, 2.45) is 5.73 Å². The maximum absolute atomic E-state index is 11.7. The van der Waals surface area contributed by atoms with Gasteiger partial charge in [0.1, 0.15) is 22.8 Å². The number of benzene rings is 1. The highest BCUT2D eigenvalue weighted by Crippen LogP contribution is 2.22. The van der Waals surface area contributed by atoms with Crippen molar-refractivity contribution in [2.45, 2.75) is 19.9 Å². The molecule has 0 radical (unpaired) electrons. The standard InChI is InChI=1S/C17H20N4O3/c1-10(2)19-17-15(16(18)22)14(20-21-17)6-5-11-7-12(23-3)9-13(8-11)24-4/h7-10H,1-4H3,(H2,18,22)(H2,19,20,21). The van der Waals surface area contributed by atoms with Crippen LogP contribution in [0.2, 0.25) is 0 Å². The molecule has 0 bridgehead atoms. The summed E-state index contributed by atoms with van der Waals surface area (Å²) in [5, 5.41) is 9.87. The van der Waals surface area contributed by atoms with Gasteiger partial charge < -0.3 is 20.5 Å². The molecule has 0 aliphatic rings. The minimum Gasteiger partial charge on any atom is -0.497 e. The van der Waals surface area contributed by atoms with Crippen molar-refractivity contribution in [3.05, 3.63) is 35.0 Å². The van der Waals surface area contributed by atoms with E-state index in [0.717, 1.165) is 0 Å². The van der Waals surface area contributed by atoms with Gasteiger partial charge in [0, 0.05) is 17.7 Å². The molecule has 0 atom stereocenters. The Morgan fingerprint density at radius 2 is 1.83 bits per heavy atom. The summed E-state index contributed by atoms with van der Waals surface area (Å²) in [4.78, 5) is 11.7. The molecule has 126 valence electrons. The van der Waals surface area contributed by atoms with Crippen LogP contribution in [0, 0.1) is 11.8 Å². The Kier molecular flexibility index (Phi) is 5.32. The highest BCUT2D eigenvalue weighted by Gasteiger charge is 2.17. The van der Waals surface area contributed by atoms with Gasteiger partial charge in [0.05, 0.1) is 14.2 Å². The first-order valence-electron chi connectivity index (χ1n) is 7.34. The number of nitrogens with zero attached hydrogens (tertiary/aromatic N) is 1. The zero-order chi connectivity index (χ0) is 17.7. The number of hydrogen-bond acceptors (Lipinski definition) is 5. The van der Waals surface area contributed by atoms with Crippen LogP contribution in [0.4, 0.5) is 5.82 Å². The van der Waals surface area contributed by atoms with Crippen molar-refractivity contribution in [1.29, 1.82) is 0 Å². The van der Waals surface area contributed by atoms with Crippen LogP contribution in [-0.2, 0) is 0 Å². The molecular formula is C17H20N4O3. The van der Waals surface area contributed by atoms with Gasteiger partial charge in [-0.2, -0.15) is 5.10 Å². The molecule has 0 saturated carbocycles. The summed E-state index contributed by atoms with van der Waals surface area (Å²) in [7, 11) is 3.13. The van der Waals surface area contributed by atoms with Crippen molar-refractivity contribution >= 4 is 11.7 Å². The van der Waals surface area contributed by atoms with Crippen molar-refractivity contribution < 1.29 is 14.3 Å². The van der Waals surface area contributed by atoms with Gasteiger partial charge in [-0.25, -0.2) is 0 Å². The maximum atomic E-state index is 11.7. The highest BCUT2D eigenvalue weighted by molar-refractivity contribution is 5.99. The van der Waals surface area contributed by atoms with Crippen LogP contribution in [0.3, 0.4) is 0 Å². The number of amides is 1. The Labute approximate surface area is 140 Å². The van der Waals surface area contributed by atoms with Crippen molar-refractivity contribution in [3.63, 3.8) is 0 Å². The van der Waals surface area contributed by atoms with Gasteiger partial charge in [0.15, 0.2) is 5.82 Å². The summed E-state index contributed by atoms with van der Waals surface area (Å²) in [5.41, 5.74) is 6.72. The van der Waals surface area contributed by atoms with Crippen molar-refractivity contribution in [1.82, 2.24) is 10.2 Å². The summed E-state index contributed by atoms with van der Waals surface area (Å²) in [5.74, 6) is 6.89. The molecule has 7 nitrogen and oxygen atoms in total.